The number of hydrogen-bond donors (Lipinski definition) is 2. The standard InChI is InChI=1S/C23H34N2O4/c1-7-8-9-25-13-17(16-10-14(2)24-21(16)22(25)26)15-11-20(29-6)18(23(3,4)27)12-19(15)28-5/h7-8,11-12,14,16-17,21,24,27H,9-10,13H2,1-6H3/b8-7+. The van der Waals surface area contributed by atoms with E-state index >= 15 is 0 Å². The monoisotopic (exact) mass is 402 g/mol. The Morgan fingerprint density at radius 1 is 1.28 bits per heavy atom. The zero-order chi connectivity index (χ0) is 21.3. The van der Waals surface area contributed by atoms with Crippen LogP contribution in [0.2, 0.25) is 0 Å². The minimum Gasteiger partial charge on any atom is -0.496 e. The van der Waals surface area contributed by atoms with Gasteiger partial charge in [-0.05, 0) is 52.2 Å². The summed E-state index contributed by atoms with van der Waals surface area (Å²) in [6, 6.07) is 3.97. The molecule has 4 atom stereocenters. The molecule has 2 aliphatic rings. The van der Waals surface area contributed by atoms with E-state index in [2.05, 4.69) is 12.2 Å². The van der Waals surface area contributed by atoms with Gasteiger partial charge in [-0.1, -0.05) is 12.2 Å². The number of carbonyl (C=O) groups is 1. The topological polar surface area (TPSA) is 71.0 Å². The van der Waals surface area contributed by atoms with E-state index in [0.29, 0.717) is 30.4 Å². The number of rotatable bonds is 6. The quantitative estimate of drug-likeness (QED) is 0.716. The minimum absolute atomic E-state index is 0.125. The number of nitrogens with one attached hydrogen (secondary N) is 1. The molecule has 160 valence electrons. The number of methoxy groups -OCH3 is 2. The van der Waals surface area contributed by atoms with Gasteiger partial charge in [0.05, 0.1) is 25.9 Å². The number of allylic oxidation sites excluding steroid dienone is 1. The van der Waals surface area contributed by atoms with E-state index in [0.717, 1.165) is 17.7 Å². The minimum atomic E-state index is -1.05. The first-order valence-electron chi connectivity index (χ1n) is 10.4. The fourth-order valence-electron chi connectivity index (χ4n) is 4.77. The van der Waals surface area contributed by atoms with Gasteiger partial charge < -0.3 is 24.8 Å². The summed E-state index contributed by atoms with van der Waals surface area (Å²) in [5.41, 5.74) is 0.665. The van der Waals surface area contributed by atoms with Crippen LogP contribution in [0.15, 0.2) is 24.3 Å². The van der Waals surface area contributed by atoms with Crippen molar-refractivity contribution in [1.82, 2.24) is 10.2 Å². The van der Waals surface area contributed by atoms with Crippen molar-refractivity contribution in [3.8, 4) is 11.5 Å². The second-order valence-electron chi connectivity index (χ2n) is 8.72. The van der Waals surface area contributed by atoms with Gasteiger partial charge in [-0.2, -0.15) is 0 Å². The Bertz CT molecular complexity index is 784. The second kappa shape index (κ2) is 8.36. The molecule has 2 saturated heterocycles. The Labute approximate surface area is 173 Å². The van der Waals surface area contributed by atoms with Crippen LogP contribution in [0.5, 0.6) is 11.5 Å². The third-order valence-corrected chi connectivity index (χ3v) is 6.20. The normalized spacial score (nSPS) is 27.4. The van der Waals surface area contributed by atoms with E-state index in [1.165, 1.54) is 0 Å². The van der Waals surface area contributed by atoms with Gasteiger partial charge in [-0.25, -0.2) is 0 Å². The highest BCUT2D eigenvalue weighted by atomic mass is 16.5. The average Bonchev–Trinajstić information content (AvgIpc) is 3.07. The van der Waals surface area contributed by atoms with E-state index in [9.17, 15) is 9.90 Å². The van der Waals surface area contributed by atoms with Gasteiger partial charge in [0.1, 0.15) is 11.5 Å². The molecule has 0 bridgehead atoms. The number of amides is 1. The summed E-state index contributed by atoms with van der Waals surface area (Å²) in [5, 5.41) is 14.1. The van der Waals surface area contributed by atoms with Gasteiger partial charge in [0.25, 0.3) is 0 Å². The van der Waals surface area contributed by atoms with Crippen LogP contribution in [-0.4, -0.2) is 55.3 Å². The maximum atomic E-state index is 13.0. The van der Waals surface area contributed by atoms with Gasteiger partial charge in [0.2, 0.25) is 5.91 Å². The van der Waals surface area contributed by atoms with Crippen LogP contribution in [0, 0.1) is 5.92 Å². The van der Waals surface area contributed by atoms with Crippen LogP contribution >= 0.6 is 0 Å². The molecule has 0 aliphatic carbocycles. The molecule has 1 amide bonds. The van der Waals surface area contributed by atoms with E-state index in [4.69, 9.17) is 9.47 Å². The van der Waals surface area contributed by atoms with Gasteiger partial charge in [-0.15, -0.1) is 0 Å². The van der Waals surface area contributed by atoms with Crippen molar-refractivity contribution in [1.29, 1.82) is 0 Å². The smallest absolute Gasteiger partial charge is 0.240 e. The molecule has 0 radical (unpaired) electrons. The molecule has 1 aromatic carbocycles. The molecule has 2 heterocycles. The first-order valence-corrected chi connectivity index (χ1v) is 10.4. The molecular formula is C23H34N2O4. The molecule has 1 aromatic rings. The number of aliphatic hydroxyl groups is 1. The molecule has 3 rings (SSSR count). The highest BCUT2D eigenvalue weighted by molar-refractivity contribution is 5.84. The maximum Gasteiger partial charge on any atom is 0.240 e. The van der Waals surface area contributed by atoms with Crippen molar-refractivity contribution in [3.63, 3.8) is 0 Å². The SMILES string of the molecule is C/C=C/CN1CC(c2cc(OC)c(C(C)(C)O)cc2OC)C2CC(C)NC2C1=O. The Morgan fingerprint density at radius 2 is 1.97 bits per heavy atom. The summed E-state index contributed by atoms with van der Waals surface area (Å²) in [7, 11) is 3.27. The van der Waals surface area contributed by atoms with E-state index in [1.54, 1.807) is 28.1 Å². The highest BCUT2D eigenvalue weighted by Crippen LogP contribution is 2.45. The second-order valence-corrected chi connectivity index (χ2v) is 8.72. The lowest BCUT2D eigenvalue weighted by Gasteiger charge is -2.40. The zero-order valence-corrected chi connectivity index (χ0v) is 18.4. The molecule has 0 saturated carbocycles. The predicted molar refractivity (Wildman–Crippen MR) is 113 cm³/mol. The zero-order valence-electron chi connectivity index (χ0n) is 18.4. The Kier molecular flexibility index (Phi) is 6.24. The summed E-state index contributed by atoms with van der Waals surface area (Å²) in [4.78, 5) is 15.0. The van der Waals surface area contributed by atoms with Crippen molar-refractivity contribution >= 4 is 5.91 Å². The first-order chi connectivity index (χ1) is 13.7. The molecule has 6 nitrogen and oxygen atoms in total. The summed E-state index contributed by atoms with van der Waals surface area (Å²) in [5.74, 6) is 1.87. The van der Waals surface area contributed by atoms with Crippen LogP contribution in [0.1, 0.15) is 51.2 Å². The van der Waals surface area contributed by atoms with Crippen LogP contribution in [0.4, 0.5) is 0 Å². The van der Waals surface area contributed by atoms with E-state index in [1.807, 2.05) is 36.1 Å². The largest absolute Gasteiger partial charge is 0.496 e. The molecule has 29 heavy (non-hydrogen) atoms. The van der Waals surface area contributed by atoms with Crippen molar-refractivity contribution in [2.24, 2.45) is 5.92 Å². The summed E-state index contributed by atoms with van der Waals surface area (Å²) < 4.78 is 11.4. The summed E-state index contributed by atoms with van der Waals surface area (Å²) in [6.45, 7) is 8.82. The number of piperidine rings is 1. The lowest BCUT2D eigenvalue weighted by molar-refractivity contribution is -0.137. The van der Waals surface area contributed by atoms with Crippen LogP contribution < -0.4 is 14.8 Å². The Hall–Kier alpha value is -2.05. The maximum absolute atomic E-state index is 13.0. The predicted octanol–water partition coefficient (Wildman–Crippen LogP) is 2.80. The third-order valence-electron chi connectivity index (χ3n) is 6.20. The third kappa shape index (κ3) is 4.14. The number of fused-ring (bicyclic) bond motifs is 1. The van der Waals surface area contributed by atoms with Crippen LogP contribution in [0.3, 0.4) is 0 Å². The van der Waals surface area contributed by atoms with E-state index in [-0.39, 0.29) is 23.8 Å². The van der Waals surface area contributed by atoms with Crippen molar-refractivity contribution in [3.05, 3.63) is 35.4 Å². The van der Waals surface area contributed by atoms with Gasteiger partial charge in [0, 0.05) is 36.2 Å². The lowest BCUT2D eigenvalue weighted by Crippen LogP contribution is -2.54. The van der Waals surface area contributed by atoms with Gasteiger partial charge in [-0.3, -0.25) is 4.79 Å². The number of nitrogens with zero attached hydrogens (tertiary/aromatic N) is 1. The molecule has 4 unspecified atom stereocenters. The van der Waals surface area contributed by atoms with Crippen LogP contribution in [-0.2, 0) is 10.4 Å². The van der Waals surface area contributed by atoms with Gasteiger partial charge in [0.15, 0.2) is 0 Å². The van der Waals surface area contributed by atoms with Crippen LogP contribution in [0.25, 0.3) is 0 Å². The molecule has 2 fully saturated rings. The average molecular weight is 403 g/mol. The van der Waals surface area contributed by atoms with Crippen molar-refractivity contribution in [2.45, 2.75) is 57.7 Å². The number of benzene rings is 1. The van der Waals surface area contributed by atoms with Crippen molar-refractivity contribution in [2.75, 3.05) is 27.3 Å². The lowest BCUT2D eigenvalue weighted by atomic mass is 9.76. The molecule has 6 heteroatoms. The number of carbonyl (C=O) groups excluding carboxylic acids is 1. The first kappa shape index (κ1) is 21.7. The fraction of sp³-hybridized carbons (Fsp3) is 0.609. The number of ether oxygens (including phenoxy) is 2. The van der Waals surface area contributed by atoms with E-state index < -0.39 is 5.60 Å². The molecular weight excluding hydrogens is 368 g/mol. The van der Waals surface area contributed by atoms with Crippen molar-refractivity contribution < 1.29 is 19.4 Å². The molecule has 2 N–H and O–H groups in total. The van der Waals surface area contributed by atoms with Gasteiger partial charge >= 0.3 is 0 Å². The Morgan fingerprint density at radius 3 is 2.55 bits per heavy atom. The fourth-order valence-corrected chi connectivity index (χ4v) is 4.77. The molecule has 0 spiro atoms. The Balaban J connectivity index is 2.08. The number of likely N-dealkylation sites (tertiary alicyclic amines) is 1. The molecule has 0 aromatic heterocycles. The number of hydrogen-bond acceptors (Lipinski definition) is 5. The summed E-state index contributed by atoms with van der Waals surface area (Å²) in [6.07, 6.45) is 4.93. The highest BCUT2D eigenvalue weighted by Gasteiger charge is 2.48. The molecule has 2 aliphatic heterocycles. The summed E-state index contributed by atoms with van der Waals surface area (Å²) >= 11 is 0.